The predicted molar refractivity (Wildman–Crippen MR) is 115 cm³/mol. The van der Waals surface area contributed by atoms with Crippen LogP contribution in [-0.4, -0.2) is 12.1 Å². The zero-order valence-corrected chi connectivity index (χ0v) is 18.2. The molecule has 1 aromatic rings. The molecule has 0 spiro atoms. The van der Waals surface area contributed by atoms with Crippen molar-refractivity contribution in [1.82, 2.24) is 0 Å². The van der Waals surface area contributed by atoms with Gasteiger partial charge in [-0.05, 0) is 73.3 Å². The van der Waals surface area contributed by atoms with Gasteiger partial charge in [0.2, 0.25) is 0 Å². The second-order valence-corrected chi connectivity index (χ2v) is 9.85. The van der Waals surface area contributed by atoms with Gasteiger partial charge in [0.1, 0.15) is 11.9 Å². The second kappa shape index (κ2) is 9.18. The van der Waals surface area contributed by atoms with E-state index in [4.69, 9.17) is 4.74 Å². The molecule has 1 aliphatic heterocycles. The molecule has 1 aromatic carbocycles. The summed E-state index contributed by atoms with van der Waals surface area (Å²) in [7, 11) is 0. The zero-order valence-electron chi connectivity index (χ0n) is 18.2. The molecule has 1 heterocycles. The van der Waals surface area contributed by atoms with E-state index in [0.29, 0.717) is 12.3 Å². The molecule has 160 valence electrons. The highest BCUT2D eigenvalue weighted by atomic mass is 19.1. The quantitative estimate of drug-likeness (QED) is 0.489. The molecule has 0 aromatic heterocycles. The van der Waals surface area contributed by atoms with Gasteiger partial charge < -0.3 is 4.74 Å². The van der Waals surface area contributed by atoms with Crippen molar-refractivity contribution >= 4 is 5.97 Å². The first-order chi connectivity index (χ1) is 14.1. The van der Waals surface area contributed by atoms with Crippen LogP contribution in [0.15, 0.2) is 12.1 Å². The lowest BCUT2D eigenvalue weighted by atomic mass is 9.75. The van der Waals surface area contributed by atoms with Crippen LogP contribution in [0.5, 0.6) is 0 Å². The van der Waals surface area contributed by atoms with Crippen LogP contribution in [0.1, 0.15) is 112 Å². The largest absolute Gasteiger partial charge is 0.458 e. The Balaban J connectivity index is 1.46. The maximum absolute atomic E-state index is 15.4. The Morgan fingerprint density at radius 3 is 2.31 bits per heavy atom. The van der Waals surface area contributed by atoms with Crippen molar-refractivity contribution in [3.8, 4) is 0 Å². The van der Waals surface area contributed by atoms with Crippen LogP contribution in [0.2, 0.25) is 0 Å². The number of halogens is 1. The summed E-state index contributed by atoms with van der Waals surface area (Å²) in [4.78, 5) is 12.8. The van der Waals surface area contributed by atoms with Crippen molar-refractivity contribution in [2.75, 3.05) is 0 Å². The van der Waals surface area contributed by atoms with E-state index in [1.165, 1.54) is 44.9 Å². The first kappa shape index (κ1) is 20.9. The van der Waals surface area contributed by atoms with Crippen LogP contribution in [0.3, 0.4) is 0 Å². The summed E-state index contributed by atoms with van der Waals surface area (Å²) >= 11 is 0. The third-order valence-corrected chi connectivity index (χ3v) is 8.12. The molecule has 0 amide bonds. The van der Waals surface area contributed by atoms with Crippen molar-refractivity contribution in [3.63, 3.8) is 0 Å². The van der Waals surface area contributed by atoms with Gasteiger partial charge in [-0.15, -0.1) is 0 Å². The van der Waals surface area contributed by atoms with E-state index in [0.717, 1.165) is 48.6 Å². The van der Waals surface area contributed by atoms with Crippen molar-refractivity contribution in [1.29, 1.82) is 0 Å². The van der Waals surface area contributed by atoms with Gasteiger partial charge in [0.15, 0.2) is 0 Å². The van der Waals surface area contributed by atoms with E-state index >= 15 is 4.39 Å². The number of fused-ring (bicyclic) bond motifs is 1. The Kier molecular flexibility index (Phi) is 6.61. The summed E-state index contributed by atoms with van der Waals surface area (Å²) in [5.74, 6) is 1.59. The van der Waals surface area contributed by atoms with Crippen LogP contribution < -0.4 is 0 Å². The van der Waals surface area contributed by atoms with E-state index in [1.54, 1.807) is 0 Å². The molecule has 0 N–H and O–H groups in total. The van der Waals surface area contributed by atoms with Crippen LogP contribution in [-0.2, 0) is 11.2 Å². The standard InChI is InChI=1S/C26H37FO2/c1-3-5-18-8-12-20(13-9-18)23-16-21-14-15-22(25(27)24(21)26(28)29-23)19-10-6-17(4-2)7-11-19/h14-15,17-20,23H,3-13,16H2,1-2H3. The zero-order chi connectivity index (χ0) is 20.4. The smallest absolute Gasteiger partial charge is 0.341 e. The third kappa shape index (κ3) is 4.39. The topological polar surface area (TPSA) is 26.3 Å². The van der Waals surface area contributed by atoms with Crippen LogP contribution >= 0.6 is 0 Å². The number of carbonyl (C=O) groups excluding carboxylic acids is 1. The summed E-state index contributed by atoms with van der Waals surface area (Å²) in [6, 6.07) is 3.99. The van der Waals surface area contributed by atoms with E-state index in [9.17, 15) is 4.79 Å². The van der Waals surface area contributed by atoms with Gasteiger partial charge in [-0.25, -0.2) is 9.18 Å². The Morgan fingerprint density at radius 1 is 0.966 bits per heavy atom. The molecular weight excluding hydrogens is 363 g/mol. The van der Waals surface area contributed by atoms with Crippen LogP contribution in [0.4, 0.5) is 4.39 Å². The molecule has 4 rings (SSSR count). The number of cyclic esters (lactones) is 1. The molecular formula is C26H37FO2. The molecule has 0 saturated heterocycles. The summed E-state index contributed by atoms with van der Waals surface area (Å²) in [6.07, 6.45) is 13.6. The van der Waals surface area contributed by atoms with Crippen molar-refractivity contribution in [2.24, 2.45) is 17.8 Å². The molecule has 1 atom stereocenters. The second-order valence-electron chi connectivity index (χ2n) is 9.85. The van der Waals surface area contributed by atoms with Gasteiger partial charge in [-0.2, -0.15) is 0 Å². The van der Waals surface area contributed by atoms with Crippen molar-refractivity contribution in [2.45, 2.75) is 103 Å². The summed E-state index contributed by atoms with van der Waals surface area (Å²) in [5.41, 5.74) is 1.84. The fourth-order valence-corrected chi connectivity index (χ4v) is 6.19. The highest BCUT2D eigenvalue weighted by Crippen LogP contribution is 2.41. The minimum absolute atomic E-state index is 0.0668. The third-order valence-electron chi connectivity index (χ3n) is 8.12. The number of rotatable bonds is 5. The number of hydrogen-bond acceptors (Lipinski definition) is 2. The first-order valence-electron chi connectivity index (χ1n) is 12.1. The Hall–Kier alpha value is -1.38. The normalized spacial score (nSPS) is 32.5. The van der Waals surface area contributed by atoms with E-state index < -0.39 is 5.97 Å². The maximum atomic E-state index is 15.4. The maximum Gasteiger partial charge on any atom is 0.341 e. The molecule has 2 nitrogen and oxygen atoms in total. The monoisotopic (exact) mass is 400 g/mol. The van der Waals surface area contributed by atoms with Gasteiger partial charge in [0, 0.05) is 6.42 Å². The van der Waals surface area contributed by atoms with Crippen molar-refractivity contribution < 1.29 is 13.9 Å². The molecule has 1 unspecified atom stereocenters. The van der Waals surface area contributed by atoms with Gasteiger partial charge in [-0.1, -0.05) is 58.1 Å². The van der Waals surface area contributed by atoms with Gasteiger partial charge in [0.05, 0.1) is 5.56 Å². The molecule has 0 bridgehead atoms. The summed E-state index contributed by atoms with van der Waals surface area (Å²) < 4.78 is 21.2. The number of esters is 1. The summed E-state index contributed by atoms with van der Waals surface area (Å²) in [6.45, 7) is 4.50. The first-order valence-corrected chi connectivity index (χ1v) is 12.1. The van der Waals surface area contributed by atoms with E-state index in [-0.39, 0.29) is 23.4 Å². The van der Waals surface area contributed by atoms with Crippen molar-refractivity contribution in [3.05, 3.63) is 34.6 Å². The molecule has 3 heteroatoms. The average molecular weight is 401 g/mol. The van der Waals surface area contributed by atoms with E-state index in [1.807, 2.05) is 12.1 Å². The number of benzene rings is 1. The van der Waals surface area contributed by atoms with Gasteiger partial charge in [-0.3, -0.25) is 0 Å². The highest BCUT2D eigenvalue weighted by Gasteiger charge is 2.37. The molecule has 29 heavy (non-hydrogen) atoms. The van der Waals surface area contributed by atoms with Crippen LogP contribution in [0, 0.1) is 23.6 Å². The fourth-order valence-electron chi connectivity index (χ4n) is 6.19. The minimum atomic E-state index is -0.423. The molecule has 2 aliphatic carbocycles. The SMILES string of the molecule is CCCC1CCC(C2Cc3ccc(C4CCC(CC)CC4)c(F)c3C(=O)O2)CC1. The van der Waals surface area contributed by atoms with Gasteiger partial charge >= 0.3 is 5.97 Å². The van der Waals surface area contributed by atoms with E-state index in [2.05, 4.69) is 13.8 Å². The lowest BCUT2D eigenvalue weighted by molar-refractivity contribution is -0.000952. The number of carbonyl (C=O) groups is 1. The molecule has 2 saturated carbocycles. The summed E-state index contributed by atoms with van der Waals surface area (Å²) in [5, 5.41) is 0. The number of hydrogen-bond donors (Lipinski definition) is 0. The Bertz CT molecular complexity index is 712. The highest BCUT2D eigenvalue weighted by molar-refractivity contribution is 5.93. The lowest BCUT2D eigenvalue weighted by Gasteiger charge is -2.36. The molecule has 3 aliphatic rings. The number of ether oxygens (including phenoxy) is 1. The van der Waals surface area contributed by atoms with Gasteiger partial charge in [0.25, 0.3) is 0 Å². The Morgan fingerprint density at radius 2 is 1.66 bits per heavy atom. The molecule has 0 radical (unpaired) electrons. The minimum Gasteiger partial charge on any atom is -0.458 e. The lowest BCUT2D eigenvalue weighted by Crippen LogP contribution is -2.36. The predicted octanol–water partition coefficient (Wildman–Crippen LogP) is 7.20. The fraction of sp³-hybridized carbons (Fsp3) is 0.731. The average Bonchev–Trinajstić information content (AvgIpc) is 2.74. The molecule has 2 fully saturated rings. The Labute approximate surface area is 175 Å². The van der Waals surface area contributed by atoms with Crippen LogP contribution in [0.25, 0.3) is 0 Å².